The maximum atomic E-state index is 4.58. The highest BCUT2D eigenvalue weighted by atomic mass is 15.3. The number of aryl methyl sites for hydroxylation is 1. The third-order valence-electron chi connectivity index (χ3n) is 5.42. The van der Waals surface area contributed by atoms with E-state index in [1.54, 1.807) is 6.33 Å². The summed E-state index contributed by atoms with van der Waals surface area (Å²) in [7, 11) is 0. The van der Waals surface area contributed by atoms with Crippen molar-refractivity contribution < 1.29 is 0 Å². The maximum absolute atomic E-state index is 4.58. The number of hydrogen-bond donors (Lipinski definition) is 0. The quantitative estimate of drug-likeness (QED) is 0.709. The van der Waals surface area contributed by atoms with Crippen LogP contribution in [0.15, 0.2) is 18.7 Å². The van der Waals surface area contributed by atoms with E-state index in [2.05, 4.69) is 34.8 Å². The second-order valence-corrected chi connectivity index (χ2v) is 7.03. The summed E-state index contributed by atoms with van der Waals surface area (Å²) < 4.78 is 4.31. The zero-order valence-electron chi connectivity index (χ0n) is 14.3. The van der Waals surface area contributed by atoms with Crippen LogP contribution in [0.2, 0.25) is 0 Å². The fourth-order valence-electron chi connectivity index (χ4n) is 4.16. The van der Waals surface area contributed by atoms with E-state index < -0.39 is 0 Å². The van der Waals surface area contributed by atoms with Gasteiger partial charge in [0.2, 0.25) is 5.65 Å². The standard InChI is InChI=1S/C17H22N8/c1-2-6-14-20-22-15(25(14)9-3-1)13-5-4-8-23(11-13)16-17-21-19-12-24(17)10-7-18-16/h7,10,12-13H,1-6,8-9,11H2. The van der Waals surface area contributed by atoms with E-state index >= 15 is 0 Å². The molecule has 5 heterocycles. The SMILES string of the molecule is c1cn2cnnc2c(N2CCCC(c3nnc4n3CCCCC4)C2)n1. The summed E-state index contributed by atoms with van der Waals surface area (Å²) in [5, 5.41) is 17.3. The van der Waals surface area contributed by atoms with Gasteiger partial charge in [0, 0.05) is 44.4 Å². The molecular formula is C17H22N8. The Morgan fingerprint density at radius 1 is 1.00 bits per heavy atom. The van der Waals surface area contributed by atoms with Gasteiger partial charge in [-0.15, -0.1) is 20.4 Å². The molecule has 8 heteroatoms. The molecule has 0 bridgehead atoms. The number of anilines is 1. The Morgan fingerprint density at radius 2 is 2.00 bits per heavy atom. The van der Waals surface area contributed by atoms with Crippen LogP contribution in [0.5, 0.6) is 0 Å². The average Bonchev–Trinajstić information content (AvgIpc) is 3.23. The molecule has 0 aliphatic carbocycles. The summed E-state index contributed by atoms with van der Waals surface area (Å²) in [6.07, 6.45) is 12.5. The van der Waals surface area contributed by atoms with Crippen molar-refractivity contribution in [1.82, 2.24) is 34.3 Å². The third kappa shape index (κ3) is 2.56. The van der Waals surface area contributed by atoms with Gasteiger partial charge in [0.05, 0.1) is 0 Å². The summed E-state index contributed by atoms with van der Waals surface area (Å²) in [5.74, 6) is 3.65. The number of hydrogen-bond acceptors (Lipinski definition) is 6. The lowest BCUT2D eigenvalue weighted by atomic mass is 9.97. The predicted molar refractivity (Wildman–Crippen MR) is 92.5 cm³/mol. The fourth-order valence-corrected chi connectivity index (χ4v) is 4.16. The van der Waals surface area contributed by atoms with Gasteiger partial charge in [0.1, 0.15) is 18.0 Å². The monoisotopic (exact) mass is 338 g/mol. The van der Waals surface area contributed by atoms with Gasteiger partial charge >= 0.3 is 0 Å². The number of rotatable bonds is 2. The molecule has 3 aromatic rings. The van der Waals surface area contributed by atoms with Crippen LogP contribution in [-0.4, -0.2) is 47.4 Å². The molecule has 0 radical (unpaired) electrons. The minimum Gasteiger partial charge on any atom is -0.353 e. The van der Waals surface area contributed by atoms with E-state index in [0.717, 1.165) is 56.2 Å². The lowest BCUT2D eigenvalue weighted by Crippen LogP contribution is -2.36. The second kappa shape index (κ2) is 6.09. The van der Waals surface area contributed by atoms with Crippen LogP contribution in [0, 0.1) is 0 Å². The first-order valence-electron chi connectivity index (χ1n) is 9.21. The molecule has 0 saturated carbocycles. The zero-order chi connectivity index (χ0) is 16.6. The number of aromatic nitrogens is 7. The first kappa shape index (κ1) is 14.8. The highest BCUT2D eigenvalue weighted by Crippen LogP contribution is 2.30. The Hall–Kier alpha value is -2.51. The van der Waals surface area contributed by atoms with Gasteiger partial charge in [-0.1, -0.05) is 6.42 Å². The van der Waals surface area contributed by atoms with Gasteiger partial charge in [-0.3, -0.25) is 4.40 Å². The van der Waals surface area contributed by atoms with E-state index in [1.165, 1.54) is 25.1 Å². The van der Waals surface area contributed by atoms with E-state index in [-0.39, 0.29) is 0 Å². The topological polar surface area (TPSA) is 77.0 Å². The molecule has 1 unspecified atom stereocenters. The zero-order valence-corrected chi connectivity index (χ0v) is 14.3. The van der Waals surface area contributed by atoms with E-state index in [4.69, 9.17) is 0 Å². The van der Waals surface area contributed by atoms with E-state index in [0.29, 0.717) is 5.92 Å². The highest BCUT2D eigenvalue weighted by molar-refractivity contribution is 5.63. The van der Waals surface area contributed by atoms with Crippen LogP contribution in [0.25, 0.3) is 5.65 Å². The van der Waals surface area contributed by atoms with Crippen molar-refractivity contribution in [3.8, 4) is 0 Å². The smallest absolute Gasteiger partial charge is 0.203 e. The summed E-state index contributed by atoms with van der Waals surface area (Å²) in [6, 6.07) is 0. The van der Waals surface area contributed by atoms with Gasteiger partial charge < -0.3 is 9.47 Å². The van der Waals surface area contributed by atoms with Gasteiger partial charge in [-0.2, -0.15) is 0 Å². The summed E-state index contributed by atoms with van der Waals surface area (Å²) in [6.45, 7) is 2.97. The third-order valence-corrected chi connectivity index (χ3v) is 5.42. The first-order chi connectivity index (χ1) is 12.4. The molecule has 1 fully saturated rings. The Balaban J connectivity index is 1.45. The minimum absolute atomic E-state index is 0.401. The van der Waals surface area contributed by atoms with Crippen molar-refractivity contribution in [2.75, 3.05) is 18.0 Å². The lowest BCUT2D eigenvalue weighted by molar-refractivity contribution is 0.464. The normalized spacial score (nSPS) is 21.3. The van der Waals surface area contributed by atoms with Crippen LogP contribution in [-0.2, 0) is 13.0 Å². The number of nitrogens with zero attached hydrogens (tertiary/aromatic N) is 8. The van der Waals surface area contributed by atoms with Gasteiger partial charge in [-0.25, -0.2) is 4.98 Å². The fraction of sp³-hybridized carbons (Fsp3) is 0.588. The predicted octanol–water partition coefficient (Wildman–Crippen LogP) is 1.83. The Kier molecular flexibility index (Phi) is 3.61. The van der Waals surface area contributed by atoms with E-state index in [9.17, 15) is 0 Å². The average molecular weight is 338 g/mol. The maximum Gasteiger partial charge on any atom is 0.203 e. The molecular weight excluding hydrogens is 316 g/mol. The number of piperidine rings is 1. The molecule has 1 saturated heterocycles. The van der Waals surface area contributed by atoms with Crippen molar-refractivity contribution in [1.29, 1.82) is 0 Å². The summed E-state index contributed by atoms with van der Waals surface area (Å²) in [5.41, 5.74) is 0.822. The first-order valence-corrected chi connectivity index (χ1v) is 9.21. The van der Waals surface area contributed by atoms with E-state index in [1.807, 2.05) is 16.8 Å². The van der Waals surface area contributed by atoms with Crippen LogP contribution in [0.3, 0.4) is 0 Å². The van der Waals surface area contributed by atoms with Crippen LogP contribution in [0.4, 0.5) is 5.82 Å². The van der Waals surface area contributed by atoms with Crippen molar-refractivity contribution in [2.45, 2.75) is 51.0 Å². The molecule has 1 atom stereocenters. The Morgan fingerprint density at radius 3 is 3.00 bits per heavy atom. The molecule has 0 aromatic carbocycles. The minimum atomic E-state index is 0.401. The van der Waals surface area contributed by atoms with Crippen molar-refractivity contribution in [2.24, 2.45) is 0 Å². The summed E-state index contributed by atoms with van der Waals surface area (Å²) >= 11 is 0. The number of fused-ring (bicyclic) bond motifs is 2. The highest BCUT2D eigenvalue weighted by Gasteiger charge is 2.29. The van der Waals surface area contributed by atoms with Gasteiger partial charge in [0.25, 0.3) is 0 Å². The molecule has 3 aromatic heterocycles. The molecule has 0 spiro atoms. The molecule has 2 aliphatic heterocycles. The van der Waals surface area contributed by atoms with Crippen LogP contribution in [0.1, 0.15) is 49.7 Å². The molecule has 8 nitrogen and oxygen atoms in total. The molecule has 130 valence electrons. The second-order valence-electron chi connectivity index (χ2n) is 7.03. The van der Waals surface area contributed by atoms with Gasteiger partial charge in [0.15, 0.2) is 5.82 Å². The molecule has 5 rings (SSSR count). The van der Waals surface area contributed by atoms with Crippen LogP contribution >= 0.6 is 0 Å². The molecule has 25 heavy (non-hydrogen) atoms. The van der Waals surface area contributed by atoms with Crippen molar-refractivity contribution in [3.05, 3.63) is 30.4 Å². The molecule has 0 amide bonds. The Bertz CT molecular complexity index is 882. The van der Waals surface area contributed by atoms with Crippen molar-refractivity contribution in [3.63, 3.8) is 0 Å². The van der Waals surface area contributed by atoms with Crippen molar-refractivity contribution >= 4 is 11.5 Å². The Labute approximate surface area is 145 Å². The lowest BCUT2D eigenvalue weighted by Gasteiger charge is -2.33. The summed E-state index contributed by atoms with van der Waals surface area (Å²) in [4.78, 5) is 6.91. The molecule has 0 N–H and O–H groups in total. The van der Waals surface area contributed by atoms with Crippen LogP contribution < -0.4 is 4.90 Å². The van der Waals surface area contributed by atoms with Gasteiger partial charge in [-0.05, 0) is 25.7 Å². The molecule has 2 aliphatic rings. The largest absolute Gasteiger partial charge is 0.353 e.